The van der Waals surface area contributed by atoms with Crippen LogP contribution in [0.3, 0.4) is 0 Å². The van der Waals surface area contributed by atoms with Crippen LogP contribution in [0.15, 0.2) is 28.0 Å². The van der Waals surface area contributed by atoms with Gasteiger partial charge in [-0.1, -0.05) is 39.0 Å². The molecule has 0 radical (unpaired) electrons. The highest BCUT2D eigenvalue weighted by Gasteiger charge is 2.17. The molecule has 0 spiro atoms. The molecule has 1 heterocycles. The van der Waals surface area contributed by atoms with Crippen LogP contribution in [0.4, 0.5) is 0 Å². The lowest BCUT2D eigenvalue weighted by Crippen LogP contribution is -2.25. The summed E-state index contributed by atoms with van der Waals surface area (Å²) in [6, 6.07) is 5.72. The number of fused-ring (bicyclic) bond motifs is 1. The normalized spacial score (nSPS) is 15.6. The third-order valence-electron chi connectivity index (χ3n) is 5.45. The predicted molar refractivity (Wildman–Crippen MR) is 110 cm³/mol. The zero-order valence-corrected chi connectivity index (χ0v) is 16.4. The van der Waals surface area contributed by atoms with Crippen molar-refractivity contribution < 1.29 is 9.84 Å². The molecule has 27 heavy (non-hydrogen) atoms. The van der Waals surface area contributed by atoms with E-state index in [9.17, 15) is 9.90 Å². The lowest BCUT2D eigenvalue weighted by molar-refractivity contribution is 0.415. The Morgan fingerprint density at radius 1 is 1.26 bits per heavy atom. The fraction of sp³-hybridized carbons (Fsp3) is 0.545. The summed E-state index contributed by atoms with van der Waals surface area (Å²) in [6.07, 6.45) is 10.4. The van der Waals surface area contributed by atoms with Gasteiger partial charge in [-0.25, -0.2) is 0 Å². The molecule has 1 fully saturated rings. The lowest BCUT2D eigenvalue weighted by atomic mass is 9.96. The Morgan fingerprint density at radius 3 is 2.74 bits per heavy atom. The van der Waals surface area contributed by atoms with Gasteiger partial charge in [-0.3, -0.25) is 9.79 Å². The van der Waals surface area contributed by atoms with Crippen LogP contribution in [0.5, 0.6) is 11.5 Å². The van der Waals surface area contributed by atoms with Crippen molar-refractivity contribution in [1.29, 1.82) is 0 Å². The van der Waals surface area contributed by atoms with E-state index in [0.29, 0.717) is 17.7 Å². The molecule has 1 aromatic heterocycles. The lowest BCUT2D eigenvalue weighted by Gasteiger charge is -2.18. The summed E-state index contributed by atoms with van der Waals surface area (Å²) in [6.45, 7) is 2.78. The van der Waals surface area contributed by atoms with Gasteiger partial charge in [0.2, 0.25) is 0 Å². The molecule has 146 valence electrons. The second-order valence-electron chi connectivity index (χ2n) is 7.38. The molecule has 3 rings (SSSR count). The standard InChI is InChI=1S/C22H30N2O3/c1-3-4-8-13-24-20-12-11-17(27-2)14-18(20)21(25)19(22(24)26)15-23-16-9-6-5-7-10-16/h11-12,14-16,25H,3-10,13H2,1-2H3. The Kier molecular flexibility index (Phi) is 6.54. The highest BCUT2D eigenvalue weighted by atomic mass is 16.5. The van der Waals surface area contributed by atoms with Gasteiger partial charge in [0, 0.05) is 24.2 Å². The van der Waals surface area contributed by atoms with E-state index in [4.69, 9.17) is 4.74 Å². The van der Waals surface area contributed by atoms with Crippen molar-refractivity contribution in [2.75, 3.05) is 7.11 Å². The number of aromatic nitrogens is 1. The summed E-state index contributed by atoms with van der Waals surface area (Å²) in [4.78, 5) is 17.7. The van der Waals surface area contributed by atoms with Crippen molar-refractivity contribution >= 4 is 17.1 Å². The summed E-state index contributed by atoms with van der Waals surface area (Å²) in [5, 5.41) is 11.5. The van der Waals surface area contributed by atoms with Gasteiger partial charge in [-0.05, 0) is 37.5 Å². The molecular weight excluding hydrogens is 340 g/mol. The smallest absolute Gasteiger partial charge is 0.263 e. The number of pyridine rings is 1. The van der Waals surface area contributed by atoms with Gasteiger partial charge in [-0.2, -0.15) is 0 Å². The first-order valence-corrected chi connectivity index (χ1v) is 10.1. The van der Waals surface area contributed by atoms with E-state index in [-0.39, 0.29) is 22.9 Å². The van der Waals surface area contributed by atoms with E-state index in [2.05, 4.69) is 11.9 Å². The van der Waals surface area contributed by atoms with Crippen LogP contribution < -0.4 is 10.3 Å². The van der Waals surface area contributed by atoms with Crippen molar-refractivity contribution in [2.45, 2.75) is 70.9 Å². The van der Waals surface area contributed by atoms with Gasteiger partial charge < -0.3 is 14.4 Å². The molecule has 0 amide bonds. The zero-order valence-electron chi connectivity index (χ0n) is 16.4. The van der Waals surface area contributed by atoms with Gasteiger partial charge >= 0.3 is 0 Å². The molecule has 1 saturated carbocycles. The molecule has 0 bridgehead atoms. The average molecular weight is 370 g/mol. The van der Waals surface area contributed by atoms with Crippen LogP contribution in [0.1, 0.15) is 63.9 Å². The quantitative estimate of drug-likeness (QED) is 0.569. The largest absolute Gasteiger partial charge is 0.506 e. The van der Waals surface area contributed by atoms with Crippen LogP contribution in [0, 0.1) is 0 Å². The number of hydrogen-bond acceptors (Lipinski definition) is 4. The number of benzene rings is 1. The maximum absolute atomic E-state index is 13.1. The van der Waals surface area contributed by atoms with E-state index >= 15 is 0 Å². The topological polar surface area (TPSA) is 63.8 Å². The molecular formula is C22H30N2O3. The van der Waals surface area contributed by atoms with Crippen molar-refractivity contribution in [3.63, 3.8) is 0 Å². The molecule has 5 nitrogen and oxygen atoms in total. The summed E-state index contributed by atoms with van der Waals surface area (Å²) < 4.78 is 7.08. The van der Waals surface area contributed by atoms with E-state index in [1.807, 2.05) is 12.1 Å². The number of hydrogen-bond donors (Lipinski definition) is 1. The first-order chi connectivity index (χ1) is 13.2. The van der Waals surface area contributed by atoms with Gasteiger partial charge in [-0.15, -0.1) is 0 Å². The van der Waals surface area contributed by atoms with Crippen LogP contribution >= 0.6 is 0 Å². The molecule has 0 unspecified atom stereocenters. The third-order valence-corrected chi connectivity index (χ3v) is 5.45. The molecule has 1 aliphatic rings. The first kappa shape index (κ1) is 19.5. The monoisotopic (exact) mass is 370 g/mol. The van der Waals surface area contributed by atoms with Crippen LogP contribution in [0.2, 0.25) is 0 Å². The Balaban J connectivity index is 2.07. The van der Waals surface area contributed by atoms with Crippen molar-refractivity contribution in [2.24, 2.45) is 4.99 Å². The van der Waals surface area contributed by atoms with Crippen LogP contribution in [0.25, 0.3) is 10.9 Å². The summed E-state index contributed by atoms with van der Waals surface area (Å²) >= 11 is 0. The van der Waals surface area contributed by atoms with E-state index in [1.54, 1.807) is 24.0 Å². The second kappa shape index (κ2) is 9.07. The predicted octanol–water partition coefficient (Wildman–Crippen LogP) is 4.66. The number of nitrogens with zero attached hydrogens (tertiary/aromatic N) is 2. The maximum Gasteiger partial charge on any atom is 0.263 e. The van der Waals surface area contributed by atoms with E-state index < -0.39 is 0 Å². The van der Waals surface area contributed by atoms with E-state index in [0.717, 1.165) is 37.6 Å². The Labute approximate surface area is 160 Å². The van der Waals surface area contributed by atoms with Gasteiger partial charge in [0.05, 0.1) is 12.6 Å². The minimum atomic E-state index is -0.166. The zero-order chi connectivity index (χ0) is 19.2. The van der Waals surface area contributed by atoms with Gasteiger partial charge in [0.1, 0.15) is 17.1 Å². The SMILES string of the molecule is CCCCCn1c(=O)c(C=NC2CCCCC2)c(O)c2cc(OC)ccc21. The number of aliphatic imine (C=N–C) groups is 1. The average Bonchev–Trinajstić information content (AvgIpc) is 2.71. The molecule has 1 aliphatic carbocycles. The highest BCUT2D eigenvalue weighted by Crippen LogP contribution is 2.30. The summed E-state index contributed by atoms with van der Waals surface area (Å²) in [5.74, 6) is 0.659. The minimum Gasteiger partial charge on any atom is -0.506 e. The first-order valence-electron chi connectivity index (χ1n) is 10.1. The number of aromatic hydroxyl groups is 1. The fourth-order valence-corrected chi connectivity index (χ4v) is 3.84. The van der Waals surface area contributed by atoms with Crippen molar-refractivity contribution in [3.05, 3.63) is 34.1 Å². The number of aryl methyl sites for hydroxylation is 1. The Hall–Kier alpha value is -2.30. The van der Waals surface area contributed by atoms with Gasteiger partial charge in [0.15, 0.2) is 0 Å². The highest BCUT2D eigenvalue weighted by molar-refractivity contribution is 5.95. The number of methoxy groups -OCH3 is 1. The number of unbranched alkanes of at least 4 members (excludes halogenated alkanes) is 2. The molecule has 1 aromatic carbocycles. The molecule has 1 N–H and O–H groups in total. The fourth-order valence-electron chi connectivity index (χ4n) is 3.84. The van der Waals surface area contributed by atoms with Crippen LogP contribution in [-0.2, 0) is 6.54 Å². The maximum atomic E-state index is 13.1. The Bertz CT molecular complexity index is 864. The van der Waals surface area contributed by atoms with Crippen molar-refractivity contribution in [3.8, 4) is 11.5 Å². The van der Waals surface area contributed by atoms with E-state index in [1.165, 1.54) is 19.3 Å². The molecule has 0 saturated heterocycles. The number of ether oxygens (including phenoxy) is 1. The second-order valence-corrected chi connectivity index (χ2v) is 7.38. The summed E-state index contributed by atoms with van der Waals surface area (Å²) in [7, 11) is 1.60. The summed E-state index contributed by atoms with van der Waals surface area (Å²) in [5.41, 5.74) is 0.864. The Morgan fingerprint density at radius 2 is 2.04 bits per heavy atom. The molecule has 5 heteroatoms. The van der Waals surface area contributed by atoms with Crippen LogP contribution in [-0.4, -0.2) is 29.0 Å². The van der Waals surface area contributed by atoms with Gasteiger partial charge in [0.25, 0.3) is 5.56 Å². The minimum absolute atomic E-state index is 0.000186. The van der Waals surface area contributed by atoms with Crippen molar-refractivity contribution in [1.82, 2.24) is 4.57 Å². The molecule has 2 aromatic rings. The third kappa shape index (κ3) is 4.34. The molecule has 0 atom stereocenters. The molecule has 0 aliphatic heterocycles. The number of rotatable bonds is 7.